The van der Waals surface area contributed by atoms with E-state index < -0.39 is 11.8 Å². The highest BCUT2D eigenvalue weighted by Crippen LogP contribution is 2.18. The van der Waals surface area contributed by atoms with Gasteiger partial charge >= 0.3 is 5.97 Å². The van der Waals surface area contributed by atoms with Gasteiger partial charge in [-0.2, -0.15) is 0 Å². The summed E-state index contributed by atoms with van der Waals surface area (Å²) in [6, 6.07) is 0. The number of aliphatic imine (C=N–C) groups is 1. The molecule has 1 unspecified atom stereocenters. The normalized spacial score (nSPS) is 25.9. The molecule has 1 rings (SSSR count). The molecule has 7 heteroatoms. The highest BCUT2D eigenvalue weighted by molar-refractivity contribution is 8.10. The minimum Gasteiger partial charge on any atom is -0.481 e. The summed E-state index contributed by atoms with van der Waals surface area (Å²) < 4.78 is 2.71. The van der Waals surface area contributed by atoms with Crippen molar-refractivity contribution in [3.63, 3.8) is 0 Å². The summed E-state index contributed by atoms with van der Waals surface area (Å²) in [5.74, 6) is -2.53. The molecule has 0 bridgehead atoms. The van der Waals surface area contributed by atoms with Crippen LogP contribution >= 0.6 is 11.9 Å². The van der Waals surface area contributed by atoms with Crippen LogP contribution in [0.3, 0.4) is 0 Å². The van der Waals surface area contributed by atoms with E-state index in [9.17, 15) is 9.59 Å². The molecule has 0 saturated heterocycles. The van der Waals surface area contributed by atoms with E-state index >= 15 is 0 Å². The smallest absolute Gasteiger partial charge is 0.309 e. The van der Waals surface area contributed by atoms with Crippen LogP contribution < -0.4 is 10.0 Å². The molecule has 0 aromatic heterocycles. The van der Waals surface area contributed by atoms with Crippen LogP contribution in [0.25, 0.3) is 0 Å². The molecule has 0 aliphatic carbocycles. The third-order valence-electron chi connectivity index (χ3n) is 1.34. The number of carbonyl (C=O) groups is 2. The second-order valence-corrected chi connectivity index (χ2v) is 3.22. The standard InChI is InChI=1S/C6H9N3O3S/c1-4(10)8-6(2-5(11)12)7-3-13-9-6/h3,9H,2H2,1H3,(H,8,10)(H,11,12). The van der Waals surface area contributed by atoms with Gasteiger partial charge in [0.25, 0.3) is 0 Å². The first-order valence-electron chi connectivity index (χ1n) is 3.51. The first kappa shape index (κ1) is 10.0. The molecule has 0 saturated carbocycles. The van der Waals surface area contributed by atoms with E-state index in [-0.39, 0.29) is 12.3 Å². The molecule has 0 fully saturated rings. The molecule has 1 amide bonds. The number of aliphatic carboxylic acids is 1. The van der Waals surface area contributed by atoms with Gasteiger partial charge in [0, 0.05) is 6.92 Å². The molecule has 13 heavy (non-hydrogen) atoms. The molecule has 1 aliphatic heterocycles. The van der Waals surface area contributed by atoms with Gasteiger partial charge in [-0.3, -0.25) is 9.59 Å². The average molecular weight is 203 g/mol. The number of hydrogen-bond donors (Lipinski definition) is 3. The number of carboxylic acid groups (broad SMARTS) is 1. The van der Waals surface area contributed by atoms with Crippen molar-refractivity contribution >= 4 is 29.4 Å². The van der Waals surface area contributed by atoms with Crippen molar-refractivity contribution in [2.45, 2.75) is 19.1 Å². The Morgan fingerprint density at radius 3 is 2.85 bits per heavy atom. The summed E-state index contributed by atoms with van der Waals surface area (Å²) in [4.78, 5) is 25.1. The third kappa shape index (κ3) is 2.71. The summed E-state index contributed by atoms with van der Waals surface area (Å²) >= 11 is 1.15. The predicted molar refractivity (Wildman–Crippen MR) is 48.0 cm³/mol. The number of carboxylic acids is 1. The molecule has 6 nitrogen and oxygen atoms in total. The maximum absolute atomic E-state index is 10.8. The Morgan fingerprint density at radius 2 is 2.46 bits per heavy atom. The van der Waals surface area contributed by atoms with E-state index in [0.29, 0.717) is 0 Å². The van der Waals surface area contributed by atoms with Gasteiger partial charge in [0.05, 0.1) is 5.55 Å². The van der Waals surface area contributed by atoms with Gasteiger partial charge in [0.15, 0.2) is 0 Å². The van der Waals surface area contributed by atoms with Crippen LogP contribution in [0.5, 0.6) is 0 Å². The van der Waals surface area contributed by atoms with Gasteiger partial charge in [0.1, 0.15) is 6.42 Å². The van der Waals surface area contributed by atoms with E-state index in [1.165, 1.54) is 12.5 Å². The largest absolute Gasteiger partial charge is 0.481 e. The van der Waals surface area contributed by atoms with Crippen LogP contribution in [-0.2, 0) is 9.59 Å². The van der Waals surface area contributed by atoms with Crippen molar-refractivity contribution in [2.24, 2.45) is 4.99 Å². The van der Waals surface area contributed by atoms with E-state index in [1.54, 1.807) is 0 Å². The molecule has 0 radical (unpaired) electrons. The van der Waals surface area contributed by atoms with Crippen LogP contribution in [0.4, 0.5) is 0 Å². The highest BCUT2D eigenvalue weighted by Gasteiger charge is 2.35. The molecule has 0 spiro atoms. The van der Waals surface area contributed by atoms with Gasteiger partial charge in [-0.25, -0.2) is 9.71 Å². The summed E-state index contributed by atoms with van der Waals surface area (Å²) in [6.07, 6.45) is -0.282. The van der Waals surface area contributed by atoms with Crippen molar-refractivity contribution in [3.8, 4) is 0 Å². The van der Waals surface area contributed by atoms with Crippen LogP contribution in [0.2, 0.25) is 0 Å². The lowest BCUT2D eigenvalue weighted by atomic mass is 10.2. The number of nitrogens with one attached hydrogen (secondary N) is 2. The number of rotatable bonds is 3. The van der Waals surface area contributed by atoms with E-state index in [2.05, 4.69) is 15.0 Å². The van der Waals surface area contributed by atoms with Crippen LogP contribution in [0.15, 0.2) is 4.99 Å². The topological polar surface area (TPSA) is 90.8 Å². The summed E-state index contributed by atoms with van der Waals surface area (Å²) in [5, 5.41) is 11.0. The molecule has 0 aromatic rings. The molecule has 1 heterocycles. The molecule has 72 valence electrons. The Bertz CT molecular complexity index is 250. The first-order valence-corrected chi connectivity index (χ1v) is 4.39. The summed E-state index contributed by atoms with van der Waals surface area (Å²) in [7, 11) is 0. The number of hydrogen-bond acceptors (Lipinski definition) is 5. The monoisotopic (exact) mass is 203 g/mol. The number of carbonyl (C=O) groups excluding carboxylic acids is 1. The fourth-order valence-corrected chi connectivity index (χ4v) is 1.62. The summed E-state index contributed by atoms with van der Waals surface area (Å²) in [6.45, 7) is 1.31. The Kier molecular flexibility index (Phi) is 2.89. The lowest BCUT2D eigenvalue weighted by Gasteiger charge is -2.24. The Hall–Kier alpha value is -1.08. The van der Waals surface area contributed by atoms with Gasteiger partial charge in [-0.15, -0.1) is 0 Å². The Morgan fingerprint density at radius 1 is 1.77 bits per heavy atom. The van der Waals surface area contributed by atoms with Crippen molar-refractivity contribution in [2.75, 3.05) is 0 Å². The first-order chi connectivity index (χ1) is 6.04. The zero-order valence-electron chi connectivity index (χ0n) is 6.90. The second kappa shape index (κ2) is 3.75. The number of nitrogens with zero attached hydrogens (tertiary/aromatic N) is 1. The van der Waals surface area contributed by atoms with Gasteiger partial charge in [-0.1, -0.05) is 0 Å². The number of amides is 1. The lowest BCUT2D eigenvalue weighted by Crippen LogP contribution is -2.53. The maximum Gasteiger partial charge on any atom is 0.309 e. The van der Waals surface area contributed by atoms with Gasteiger partial charge in [-0.05, 0) is 11.9 Å². The molecule has 0 aromatic carbocycles. The fourth-order valence-electron chi connectivity index (χ4n) is 0.960. The van der Waals surface area contributed by atoms with Crippen molar-refractivity contribution < 1.29 is 14.7 Å². The highest BCUT2D eigenvalue weighted by atomic mass is 32.2. The second-order valence-electron chi connectivity index (χ2n) is 2.57. The van der Waals surface area contributed by atoms with Gasteiger partial charge in [0.2, 0.25) is 11.7 Å². The van der Waals surface area contributed by atoms with E-state index in [4.69, 9.17) is 5.11 Å². The van der Waals surface area contributed by atoms with Crippen molar-refractivity contribution in [3.05, 3.63) is 0 Å². The molecule has 3 N–H and O–H groups in total. The quantitative estimate of drug-likeness (QED) is 0.539. The predicted octanol–water partition coefficient (Wildman–Crippen LogP) is -0.469. The fraction of sp³-hybridized carbons (Fsp3) is 0.500. The van der Waals surface area contributed by atoms with E-state index in [1.807, 2.05) is 0 Å². The average Bonchev–Trinajstić information content (AvgIpc) is 2.33. The minimum atomic E-state index is -1.18. The van der Waals surface area contributed by atoms with Crippen LogP contribution in [-0.4, -0.2) is 28.3 Å². The zero-order valence-corrected chi connectivity index (χ0v) is 7.72. The van der Waals surface area contributed by atoms with Crippen molar-refractivity contribution in [1.82, 2.24) is 10.0 Å². The van der Waals surface area contributed by atoms with Crippen LogP contribution in [0.1, 0.15) is 13.3 Å². The van der Waals surface area contributed by atoms with Crippen LogP contribution in [0, 0.1) is 0 Å². The molecule has 1 aliphatic rings. The Balaban J connectivity index is 2.69. The lowest BCUT2D eigenvalue weighted by molar-refractivity contribution is -0.139. The third-order valence-corrected chi connectivity index (χ3v) is 2.01. The van der Waals surface area contributed by atoms with Gasteiger partial charge < -0.3 is 10.4 Å². The van der Waals surface area contributed by atoms with Crippen molar-refractivity contribution in [1.29, 1.82) is 0 Å². The van der Waals surface area contributed by atoms with E-state index in [0.717, 1.165) is 11.9 Å². The zero-order chi connectivity index (χ0) is 9.90. The molecular weight excluding hydrogens is 194 g/mol. The minimum absolute atomic E-state index is 0.282. The maximum atomic E-state index is 10.8. The molecular formula is C6H9N3O3S. The Labute approximate surface area is 78.9 Å². The molecule has 1 atom stereocenters. The summed E-state index contributed by atoms with van der Waals surface area (Å²) in [5.41, 5.74) is 1.46. The SMILES string of the molecule is CC(=O)NC1(CC(=O)O)N=CSN1.